The SMILES string of the molecule is Cc1cc(C(=O)Nc2ccc3c(c2)OCCCO3)c2ccccc2n1. The summed E-state index contributed by atoms with van der Waals surface area (Å²) >= 11 is 0. The first-order chi connectivity index (χ1) is 12.2. The van der Waals surface area contributed by atoms with E-state index in [0.29, 0.717) is 36.0 Å². The van der Waals surface area contributed by atoms with Gasteiger partial charge in [0.15, 0.2) is 11.5 Å². The van der Waals surface area contributed by atoms with E-state index in [1.54, 1.807) is 12.1 Å². The molecule has 2 aromatic carbocycles. The maximum absolute atomic E-state index is 12.8. The Labute approximate surface area is 145 Å². The lowest BCUT2D eigenvalue weighted by Gasteiger charge is -2.12. The maximum atomic E-state index is 12.8. The Kier molecular flexibility index (Phi) is 3.98. The van der Waals surface area contributed by atoms with Gasteiger partial charge in [-0.3, -0.25) is 9.78 Å². The minimum Gasteiger partial charge on any atom is -0.490 e. The van der Waals surface area contributed by atoms with Crippen LogP contribution in [-0.4, -0.2) is 24.1 Å². The molecule has 0 fully saturated rings. The zero-order valence-electron chi connectivity index (χ0n) is 13.9. The lowest BCUT2D eigenvalue weighted by atomic mass is 10.1. The van der Waals surface area contributed by atoms with Crippen molar-refractivity contribution in [3.63, 3.8) is 0 Å². The lowest BCUT2D eigenvalue weighted by molar-refractivity contribution is 0.102. The molecule has 0 radical (unpaired) electrons. The molecule has 5 heteroatoms. The molecule has 25 heavy (non-hydrogen) atoms. The van der Waals surface area contributed by atoms with E-state index in [4.69, 9.17) is 9.47 Å². The predicted molar refractivity (Wildman–Crippen MR) is 96.5 cm³/mol. The predicted octanol–water partition coefficient (Wildman–Crippen LogP) is 3.96. The molecule has 1 aliphatic heterocycles. The third-order valence-corrected chi connectivity index (χ3v) is 4.09. The number of anilines is 1. The van der Waals surface area contributed by atoms with E-state index in [0.717, 1.165) is 23.0 Å². The van der Waals surface area contributed by atoms with Crippen molar-refractivity contribution in [2.75, 3.05) is 18.5 Å². The van der Waals surface area contributed by atoms with Gasteiger partial charge in [-0.2, -0.15) is 0 Å². The second-order valence-electron chi connectivity index (χ2n) is 5.99. The number of nitrogens with one attached hydrogen (secondary N) is 1. The van der Waals surface area contributed by atoms with E-state index in [9.17, 15) is 4.79 Å². The highest BCUT2D eigenvalue weighted by molar-refractivity contribution is 6.12. The molecule has 1 aromatic heterocycles. The van der Waals surface area contributed by atoms with Gasteiger partial charge in [0.1, 0.15) is 0 Å². The van der Waals surface area contributed by atoms with Crippen LogP contribution in [0.2, 0.25) is 0 Å². The van der Waals surface area contributed by atoms with Gasteiger partial charge in [0.25, 0.3) is 5.91 Å². The maximum Gasteiger partial charge on any atom is 0.256 e. The van der Waals surface area contributed by atoms with Crippen LogP contribution < -0.4 is 14.8 Å². The summed E-state index contributed by atoms with van der Waals surface area (Å²) in [6, 6.07) is 14.9. The second-order valence-corrected chi connectivity index (χ2v) is 5.99. The van der Waals surface area contributed by atoms with Crippen LogP contribution in [-0.2, 0) is 0 Å². The first-order valence-electron chi connectivity index (χ1n) is 8.28. The van der Waals surface area contributed by atoms with Crippen molar-refractivity contribution in [3.8, 4) is 11.5 Å². The van der Waals surface area contributed by atoms with Crippen molar-refractivity contribution in [3.05, 3.63) is 59.8 Å². The van der Waals surface area contributed by atoms with Crippen molar-refractivity contribution in [1.82, 2.24) is 4.98 Å². The van der Waals surface area contributed by atoms with Crippen LogP contribution in [0.4, 0.5) is 5.69 Å². The Morgan fingerprint density at radius 3 is 2.72 bits per heavy atom. The van der Waals surface area contributed by atoms with Gasteiger partial charge in [0.2, 0.25) is 0 Å². The highest BCUT2D eigenvalue weighted by atomic mass is 16.5. The number of nitrogens with zero attached hydrogens (tertiary/aromatic N) is 1. The molecule has 0 atom stereocenters. The molecule has 126 valence electrons. The van der Waals surface area contributed by atoms with Crippen LogP contribution in [0.5, 0.6) is 11.5 Å². The third-order valence-electron chi connectivity index (χ3n) is 4.09. The van der Waals surface area contributed by atoms with E-state index in [1.807, 2.05) is 43.3 Å². The number of carbonyl (C=O) groups is 1. The molecular weight excluding hydrogens is 316 g/mol. The number of ether oxygens (including phenoxy) is 2. The van der Waals surface area contributed by atoms with Crippen molar-refractivity contribution in [1.29, 1.82) is 0 Å². The minimum absolute atomic E-state index is 0.170. The molecule has 5 nitrogen and oxygen atoms in total. The van der Waals surface area contributed by atoms with Gasteiger partial charge in [-0.25, -0.2) is 0 Å². The van der Waals surface area contributed by atoms with E-state index in [-0.39, 0.29) is 5.91 Å². The number of hydrogen-bond donors (Lipinski definition) is 1. The number of hydrogen-bond acceptors (Lipinski definition) is 4. The standard InChI is InChI=1S/C20H18N2O3/c1-13-11-16(15-5-2-3-6-17(15)21-13)20(23)22-14-7-8-18-19(12-14)25-10-4-9-24-18/h2-3,5-8,11-12H,4,9-10H2,1H3,(H,22,23). The molecular formula is C20H18N2O3. The summed E-state index contributed by atoms with van der Waals surface area (Å²) in [7, 11) is 0. The molecule has 0 aliphatic carbocycles. The quantitative estimate of drug-likeness (QED) is 0.771. The van der Waals surface area contributed by atoms with Crippen LogP contribution in [0.25, 0.3) is 10.9 Å². The van der Waals surface area contributed by atoms with Gasteiger partial charge < -0.3 is 14.8 Å². The van der Waals surface area contributed by atoms with Gasteiger partial charge in [0.05, 0.1) is 24.3 Å². The molecule has 1 N–H and O–H groups in total. The summed E-state index contributed by atoms with van der Waals surface area (Å²) in [4.78, 5) is 17.3. The topological polar surface area (TPSA) is 60.5 Å². The molecule has 0 unspecified atom stereocenters. The molecule has 0 spiro atoms. The number of carbonyl (C=O) groups excluding carboxylic acids is 1. The smallest absolute Gasteiger partial charge is 0.256 e. The van der Waals surface area contributed by atoms with Gasteiger partial charge in [0, 0.05) is 29.3 Å². The summed E-state index contributed by atoms with van der Waals surface area (Å²) < 4.78 is 11.3. The van der Waals surface area contributed by atoms with Crippen LogP contribution in [0.3, 0.4) is 0 Å². The molecule has 2 heterocycles. The summed E-state index contributed by atoms with van der Waals surface area (Å²) in [5.41, 5.74) is 2.90. The zero-order valence-corrected chi connectivity index (χ0v) is 13.9. The van der Waals surface area contributed by atoms with Gasteiger partial charge in [-0.05, 0) is 31.2 Å². The normalized spacial score (nSPS) is 13.3. The van der Waals surface area contributed by atoms with Crippen LogP contribution in [0, 0.1) is 6.92 Å². The highest BCUT2D eigenvalue weighted by Crippen LogP contribution is 2.32. The molecule has 1 aliphatic rings. The fourth-order valence-corrected chi connectivity index (χ4v) is 2.94. The van der Waals surface area contributed by atoms with Gasteiger partial charge in [-0.15, -0.1) is 0 Å². The fraction of sp³-hybridized carbons (Fsp3) is 0.200. The molecule has 1 amide bonds. The number of benzene rings is 2. The molecule has 0 bridgehead atoms. The van der Waals surface area contributed by atoms with Crippen LogP contribution in [0.15, 0.2) is 48.5 Å². The van der Waals surface area contributed by atoms with Crippen molar-refractivity contribution < 1.29 is 14.3 Å². The number of para-hydroxylation sites is 1. The number of fused-ring (bicyclic) bond motifs is 2. The number of rotatable bonds is 2. The van der Waals surface area contributed by atoms with Crippen molar-refractivity contribution in [2.24, 2.45) is 0 Å². The summed E-state index contributed by atoms with van der Waals surface area (Å²) in [5.74, 6) is 1.20. The van der Waals surface area contributed by atoms with Gasteiger partial charge in [-0.1, -0.05) is 18.2 Å². The Hall–Kier alpha value is -3.08. The number of aromatic nitrogens is 1. The average Bonchev–Trinajstić information content (AvgIpc) is 2.85. The fourth-order valence-electron chi connectivity index (χ4n) is 2.94. The van der Waals surface area contributed by atoms with E-state index < -0.39 is 0 Å². The zero-order chi connectivity index (χ0) is 17.2. The molecule has 0 saturated heterocycles. The summed E-state index contributed by atoms with van der Waals surface area (Å²) in [5, 5.41) is 3.78. The number of pyridine rings is 1. The summed E-state index contributed by atoms with van der Waals surface area (Å²) in [6.07, 6.45) is 0.846. The van der Waals surface area contributed by atoms with Crippen molar-refractivity contribution >= 4 is 22.5 Å². The molecule has 0 saturated carbocycles. The third kappa shape index (κ3) is 3.13. The number of amides is 1. The lowest BCUT2D eigenvalue weighted by Crippen LogP contribution is -2.13. The van der Waals surface area contributed by atoms with Crippen LogP contribution >= 0.6 is 0 Å². The largest absolute Gasteiger partial charge is 0.490 e. The second kappa shape index (κ2) is 6.43. The highest BCUT2D eigenvalue weighted by Gasteiger charge is 2.15. The average molecular weight is 334 g/mol. The monoisotopic (exact) mass is 334 g/mol. The van der Waals surface area contributed by atoms with E-state index in [1.165, 1.54) is 0 Å². The number of aryl methyl sites for hydroxylation is 1. The van der Waals surface area contributed by atoms with Crippen molar-refractivity contribution in [2.45, 2.75) is 13.3 Å². The first-order valence-corrected chi connectivity index (χ1v) is 8.28. The molecule has 3 aromatic rings. The Morgan fingerprint density at radius 1 is 1.04 bits per heavy atom. The Balaban J connectivity index is 1.66. The Bertz CT molecular complexity index is 953. The molecule has 4 rings (SSSR count). The van der Waals surface area contributed by atoms with E-state index in [2.05, 4.69) is 10.3 Å². The minimum atomic E-state index is -0.170. The van der Waals surface area contributed by atoms with E-state index >= 15 is 0 Å². The van der Waals surface area contributed by atoms with Gasteiger partial charge >= 0.3 is 0 Å². The van der Waals surface area contributed by atoms with Crippen LogP contribution in [0.1, 0.15) is 22.5 Å². The first kappa shape index (κ1) is 15.4. The Morgan fingerprint density at radius 2 is 1.84 bits per heavy atom. The summed E-state index contributed by atoms with van der Waals surface area (Å²) in [6.45, 7) is 3.14.